The van der Waals surface area contributed by atoms with Crippen molar-refractivity contribution in [2.24, 2.45) is 0 Å². The zero-order valence-electron chi connectivity index (χ0n) is 18.9. The number of carboxylic acid groups (broad SMARTS) is 1. The van der Waals surface area contributed by atoms with Crippen LogP contribution in [0, 0.1) is 0 Å². The van der Waals surface area contributed by atoms with Crippen molar-refractivity contribution >= 4 is 18.4 Å². The van der Waals surface area contributed by atoms with Crippen LogP contribution in [-0.4, -0.2) is 49.3 Å². The highest BCUT2D eigenvalue weighted by Gasteiger charge is 2.17. The second-order valence-corrected chi connectivity index (χ2v) is 8.24. The summed E-state index contributed by atoms with van der Waals surface area (Å²) in [5.41, 5.74) is 0. The smallest absolute Gasteiger partial charge is 0.332 e. The van der Waals surface area contributed by atoms with E-state index in [-0.39, 0.29) is 12.4 Å². The Balaban J connectivity index is 0. The highest BCUT2D eigenvalue weighted by atomic mass is 35.5. The summed E-state index contributed by atoms with van der Waals surface area (Å²) in [6, 6.07) is 0. The van der Waals surface area contributed by atoms with Gasteiger partial charge in [0.1, 0.15) is 0 Å². The number of hydrogen-bond acceptors (Lipinski definition) is 3. The van der Waals surface area contributed by atoms with Gasteiger partial charge >= 0.3 is 5.97 Å². The topological polar surface area (TPSA) is 49.8 Å². The van der Waals surface area contributed by atoms with Crippen molar-refractivity contribution in [3.05, 3.63) is 0 Å². The van der Waals surface area contributed by atoms with Gasteiger partial charge in [-0.1, -0.05) is 103 Å². The van der Waals surface area contributed by atoms with Gasteiger partial charge in [0.25, 0.3) is 0 Å². The molecule has 0 fully saturated rings. The molecule has 1 N–H and O–H groups in total. The summed E-state index contributed by atoms with van der Waals surface area (Å²) in [6.07, 6.45) is 19.9. The minimum Gasteiger partial charge on any atom is -0.479 e. The van der Waals surface area contributed by atoms with Gasteiger partial charge in [0, 0.05) is 6.54 Å². The monoisotopic (exact) mass is 421 g/mol. The average molecular weight is 422 g/mol. The Hall–Kier alpha value is -0.320. The van der Waals surface area contributed by atoms with Crippen molar-refractivity contribution in [3.8, 4) is 0 Å². The van der Waals surface area contributed by atoms with Gasteiger partial charge < -0.3 is 14.7 Å². The standard InChI is InChI=1S/C23H47NO3.ClH/c1-4-5-6-7-8-9-10-11-12-13-14-15-16-17-18-19-22(23(25)26)27-21-20-24(2)3;/h22H,4-21H2,1-3H3,(H,25,26);1H. The van der Waals surface area contributed by atoms with E-state index in [1.54, 1.807) is 0 Å². The van der Waals surface area contributed by atoms with Crippen molar-refractivity contribution in [3.63, 3.8) is 0 Å². The van der Waals surface area contributed by atoms with Crippen LogP contribution in [0.5, 0.6) is 0 Å². The highest BCUT2D eigenvalue weighted by Crippen LogP contribution is 2.14. The van der Waals surface area contributed by atoms with E-state index in [2.05, 4.69) is 6.92 Å². The minimum absolute atomic E-state index is 0. The molecule has 170 valence electrons. The van der Waals surface area contributed by atoms with Crippen LogP contribution < -0.4 is 0 Å². The predicted molar refractivity (Wildman–Crippen MR) is 123 cm³/mol. The number of unbranched alkanes of at least 4 members (excludes halogenated alkanes) is 14. The summed E-state index contributed by atoms with van der Waals surface area (Å²) < 4.78 is 5.49. The van der Waals surface area contributed by atoms with Crippen LogP contribution in [0.3, 0.4) is 0 Å². The molecule has 0 saturated carbocycles. The van der Waals surface area contributed by atoms with Gasteiger partial charge in [-0.25, -0.2) is 4.79 Å². The summed E-state index contributed by atoms with van der Waals surface area (Å²) in [5.74, 6) is -0.820. The first-order valence-electron chi connectivity index (χ1n) is 11.6. The van der Waals surface area contributed by atoms with E-state index in [9.17, 15) is 9.90 Å². The van der Waals surface area contributed by atoms with Crippen LogP contribution in [0.4, 0.5) is 0 Å². The molecule has 0 spiro atoms. The third kappa shape index (κ3) is 22.0. The second-order valence-electron chi connectivity index (χ2n) is 8.24. The Morgan fingerprint density at radius 2 is 1.18 bits per heavy atom. The molecule has 0 amide bonds. The number of carbonyl (C=O) groups is 1. The quantitative estimate of drug-likeness (QED) is 0.209. The molecular weight excluding hydrogens is 374 g/mol. The van der Waals surface area contributed by atoms with Crippen LogP contribution in [0.2, 0.25) is 0 Å². The van der Waals surface area contributed by atoms with E-state index in [1.807, 2.05) is 19.0 Å². The van der Waals surface area contributed by atoms with Gasteiger partial charge in [0.2, 0.25) is 0 Å². The van der Waals surface area contributed by atoms with Gasteiger partial charge in [0.05, 0.1) is 6.61 Å². The van der Waals surface area contributed by atoms with Gasteiger partial charge in [-0.2, -0.15) is 0 Å². The molecule has 0 saturated heterocycles. The maximum Gasteiger partial charge on any atom is 0.332 e. The third-order valence-corrected chi connectivity index (χ3v) is 5.20. The molecule has 0 aliphatic carbocycles. The highest BCUT2D eigenvalue weighted by molar-refractivity contribution is 5.85. The molecule has 4 nitrogen and oxygen atoms in total. The fourth-order valence-corrected chi connectivity index (χ4v) is 3.36. The molecule has 0 radical (unpaired) electrons. The zero-order valence-corrected chi connectivity index (χ0v) is 19.7. The summed E-state index contributed by atoms with van der Waals surface area (Å²) in [5, 5.41) is 9.22. The third-order valence-electron chi connectivity index (χ3n) is 5.20. The number of ether oxygens (including phenoxy) is 1. The van der Waals surface area contributed by atoms with Crippen LogP contribution in [0.25, 0.3) is 0 Å². The SMILES string of the molecule is CCCCCCCCCCCCCCCCCC(OCCN(C)C)C(=O)O.Cl. The number of aliphatic carboxylic acids is 1. The average Bonchev–Trinajstić information content (AvgIpc) is 2.62. The largest absolute Gasteiger partial charge is 0.479 e. The van der Waals surface area contributed by atoms with E-state index in [4.69, 9.17) is 4.74 Å². The first kappa shape index (κ1) is 29.9. The van der Waals surface area contributed by atoms with Crippen LogP contribution in [0.1, 0.15) is 110 Å². The van der Waals surface area contributed by atoms with E-state index < -0.39 is 12.1 Å². The van der Waals surface area contributed by atoms with Gasteiger partial charge in [0.15, 0.2) is 6.10 Å². The maximum atomic E-state index is 11.2. The van der Waals surface area contributed by atoms with Crippen molar-refractivity contribution < 1.29 is 14.6 Å². The Morgan fingerprint density at radius 3 is 1.54 bits per heavy atom. The number of rotatable bonds is 21. The Morgan fingerprint density at radius 1 is 0.786 bits per heavy atom. The molecule has 1 atom stereocenters. The summed E-state index contributed by atoms with van der Waals surface area (Å²) in [6.45, 7) is 3.53. The number of likely N-dealkylation sites (N-methyl/N-ethyl adjacent to an activating group) is 1. The van der Waals surface area contributed by atoms with Gasteiger partial charge in [-0.05, 0) is 20.5 Å². The fraction of sp³-hybridized carbons (Fsp3) is 0.957. The molecule has 0 rings (SSSR count). The predicted octanol–water partition coefficient (Wildman–Crippen LogP) is 6.70. The van der Waals surface area contributed by atoms with Crippen molar-refractivity contribution in [1.82, 2.24) is 4.90 Å². The van der Waals surface area contributed by atoms with E-state index in [0.717, 1.165) is 19.4 Å². The number of hydrogen-bond donors (Lipinski definition) is 1. The Labute approximate surface area is 181 Å². The molecule has 0 aliphatic heterocycles. The Kier molecular flexibility index (Phi) is 24.5. The van der Waals surface area contributed by atoms with E-state index in [1.165, 1.54) is 83.5 Å². The lowest BCUT2D eigenvalue weighted by atomic mass is 10.0. The van der Waals surface area contributed by atoms with Crippen molar-refractivity contribution in [2.75, 3.05) is 27.2 Å². The Bertz CT molecular complexity index is 327. The molecule has 28 heavy (non-hydrogen) atoms. The molecular formula is C23H48ClNO3. The van der Waals surface area contributed by atoms with Gasteiger partial charge in [-0.3, -0.25) is 0 Å². The van der Waals surface area contributed by atoms with Crippen molar-refractivity contribution in [2.45, 2.75) is 116 Å². The number of carboxylic acids is 1. The summed E-state index contributed by atoms with van der Waals surface area (Å²) in [7, 11) is 3.93. The lowest BCUT2D eigenvalue weighted by molar-refractivity contribution is -0.151. The fourth-order valence-electron chi connectivity index (χ4n) is 3.36. The van der Waals surface area contributed by atoms with Crippen LogP contribution >= 0.6 is 12.4 Å². The molecule has 0 aromatic carbocycles. The molecule has 0 aromatic rings. The molecule has 0 aromatic heterocycles. The van der Waals surface area contributed by atoms with Crippen LogP contribution in [-0.2, 0) is 9.53 Å². The maximum absolute atomic E-state index is 11.2. The molecule has 0 heterocycles. The summed E-state index contributed by atoms with van der Waals surface area (Å²) >= 11 is 0. The van der Waals surface area contributed by atoms with Crippen LogP contribution in [0.15, 0.2) is 0 Å². The molecule has 0 bridgehead atoms. The first-order valence-corrected chi connectivity index (χ1v) is 11.6. The van der Waals surface area contributed by atoms with E-state index >= 15 is 0 Å². The lowest BCUT2D eigenvalue weighted by Crippen LogP contribution is -2.28. The normalized spacial score (nSPS) is 12.1. The minimum atomic E-state index is -0.820. The molecule has 5 heteroatoms. The molecule has 0 aliphatic rings. The van der Waals surface area contributed by atoms with Crippen molar-refractivity contribution in [1.29, 1.82) is 0 Å². The molecule has 1 unspecified atom stereocenters. The second kappa shape index (κ2) is 23.0. The lowest BCUT2D eigenvalue weighted by Gasteiger charge is -2.15. The summed E-state index contributed by atoms with van der Waals surface area (Å²) in [4.78, 5) is 13.2. The first-order chi connectivity index (χ1) is 13.1. The number of nitrogens with zero attached hydrogens (tertiary/aromatic N) is 1. The van der Waals surface area contributed by atoms with E-state index in [0.29, 0.717) is 13.0 Å². The zero-order chi connectivity index (χ0) is 20.2. The van der Waals surface area contributed by atoms with Gasteiger partial charge in [-0.15, -0.1) is 12.4 Å². The number of halogens is 1.